The van der Waals surface area contributed by atoms with Crippen LogP contribution < -0.4 is 9.54 Å². The number of hydrogen-bond donors (Lipinski definition) is 0. The maximum Gasteiger partial charge on any atom is 0.279 e. The summed E-state index contributed by atoms with van der Waals surface area (Å²) in [6.45, 7) is 6.90. The van der Waals surface area contributed by atoms with E-state index in [1.807, 2.05) is 55.7 Å². The number of terminal acetylenes is 1. The highest BCUT2D eigenvalue weighted by molar-refractivity contribution is 7.16. The summed E-state index contributed by atoms with van der Waals surface area (Å²) in [4.78, 5) is 17.6. The molecule has 0 aliphatic heterocycles. The first kappa shape index (κ1) is 18.0. The second kappa shape index (κ2) is 7.59. The molecule has 0 N–H and O–H groups in total. The zero-order valence-corrected chi connectivity index (χ0v) is 15.9. The monoisotopic (exact) mass is 364 g/mol. The number of rotatable bonds is 4. The molecule has 0 aliphatic carbocycles. The number of ether oxygens (including phenoxy) is 1. The summed E-state index contributed by atoms with van der Waals surface area (Å²) < 4.78 is 8.43. The molecule has 4 nitrogen and oxygen atoms in total. The van der Waals surface area contributed by atoms with E-state index in [2.05, 4.69) is 10.9 Å². The number of amides is 1. The van der Waals surface area contributed by atoms with Crippen molar-refractivity contribution in [3.63, 3.8) is 0 Å². The molecule has 0 fully saturated rings. The van der Waals surface area contributed by atoms with Crippen molar-refractivity contribution in [1.82, 2.24) is 4.57 Å². The number of thiazole rings is 1. The SMILES string of the molecule is C#CCn1c(=NC(=O)c2ccc(C)c(C)c2)sc2cc(OCC)ccc21. The van der Waals surface area contributed by atoms with Gasteiger partial charge in [0.25, 0.3) is 5.91 Å². The molecule has 3 rings (SSSR count). The molecule has 26 heavy (non-hydrogen) atoms. The van der Waals surface area contributed by atoms with Crippen molar-refractivity contribution < 1.29 is 9.53 Å². The molecule has 0 saturated heterocycles. The predicted molar refractivity (Wildman–Crippen MR) is 106 cm³/mol. The largest absolute Gasteiger partial charge is 0.494 e. The lowest BCUT2D eigenvalue weighted by atomic mass is 10.1. The first-order chi connectivity index (χ1) is 12.5. The first-order valence-corrected chi connectivity index (χ1v) is 9.21. The zero-order chi connectivity index (χ0) is 18.7. The highest BCUT2D eigenvalue weighted by Gasteiger charge is 2.10. The van der Waals surface area contributed by atoms with Gasteiger partial charge in [0.05, 0.1) is 23.4 Å². The highest BCUT2D eigenvalue weighted by Crippen LogP contribution is 2.23. The third kappa shape index (κ3) is 3.56. The minimum absolute atomic E-state index is 0.268. The van der Waals surface area contributed by atoms with Crippen LogP contribution in [0.25, 0.3) is 10.2 Å². The number of hydrogen-bond acceptors (Lipinski definition) is 3. The normalized spacial score (nSPS) is 11.5. The number of benzene rings is 2. The van der Waals surface area contributed by atoms with E-state index in [0.29, 0.717) is 23.5 Å². The fourth-order valence-corrected chi connectivity index (χ4v) is 3.72. The molecule has 3 aromatic rings. The van der Waals surface area contributed by atoms with Crippen LogP contribution in [-0.2, 0) is 6.54 Å². The topological polar surface area (TPSA) is 43.6 Å². The lowest BCUT2D eigenvalue weighted by Gasteiger charge is -2.04. The molecular formula is C21H20N2O2S. The number of carbonyl (C=O) groups excluding carboxylic acids is 1. The van der Waals surface area contributed by atoms with E-state index in [4.69, 9.17) is 11.2 Å². The maximum atomic E-state index is 12.6. The van der Waals surface area contributed by atoms with Crippen LogP contribution in [0.4, 0.5) is 0 Å². The third-order valence-corrected chi connectivity index (χ3v) is 5.21. The number of aromatic nitrogens is 1. The van der Waals surface area contributed by atoms with Gasteiger partial charge in [-0.25, -0.2) is 0 Å². The van der Waals surface area contributed by atoms with Gasteiger partial charge in [-0.15, -0.1) is 6.42 Å². The lowest BCUT2D eigenvalue weighted by Crippen LogP contribution is -2.16. The highest BCUT2D eigenvalue weighted by atomic mass is 32.1. The lowest BCUT2D eigenvalue weighted by molar-refractivity contribution is 0.0998. The van der Waals surface area contributed by atoms with Crippen molar-refractivity contribution >= 4 is 27.5 Å². The van der Waals surface area contributed by atoms with Gasteiger partial charge in [-0.2, -0.15) is 4.99 Å². The molecule has 1 amide bonds. The molecule has 0 aliphatic rings. The van der Waals surface area contributed by atoms with Gasteiger partial charge >= 0.3 is 0 Å². The number of fused-ring (bicyclic) bond motifs is 1. The summed E-state index contributed by atoms with van der Waals surface area (Å²) in [5, 5.41) is 0. The van der Waals surface area contributed by atoms with Crippen LogP contribution in [0, 0.1) is 26.2 Å². The molecule has 2 aromatic carbocycles. The number of nitrogens with zero attached hydrogens (tertiary/aromatic N) is 2. The van der Waals surface area contributed by atoms with Crippen molar-refractivity contribution in [3.05, 3.63) is 57.9 Å². The second-order valence-corrected chi connectivity index (χ2v) is 6.96. The Morgan fingerprint density at radius 1 is 1.23 bits per heavy atom. The molecule has 5 heteroatoms. The standard InChI is InChI=1S/C21H20N2O2S/c1-5-11-23-18-10-9-17(25-6-2)13-19(18)26-21(23)22-20(24)16-8-7-14(3)15(4)12-16/h1,7-10,12-13H,6,11H2,2-4H3. The van der Waals surface area contributed by atoms with E-state index in [9.17, 15) is 4.79 Å². The van der Waals surface area contributed by atoms with Crippen LogP contribution in [0.5, 0.6) is 5.75 Å². The van der Waals surface area contributed by atoms with Gasteiger partial charge in [0.1, 0.15) is 5.75 Å². The Labute approximate surface area is 156 Å². The minimum atomic E-state index is -0.268. The minimum Gasteiger partial charge on any atom is -0.494 e. The molecule has 0 bridgehead atoms. The molecule has 132 valence electrons. The van der Waals surface area contributed by atoms with E-state index in [0.717, 1.165) is 27.1 Å². The molecule has 1 aromatic heterocycles. The van der Waals surface area contributed by atoms with Crippen molar-refractivity contribution in [3.8, 4) is 18.1 Å². The Hall–Kier alpha value is -2.84. The van der Waals surface area contributed by atoms with Crippen molar-refractivity contribution in [2.45, 2.75) is 27.3 Å². The molecule has 1 heterocycles. The Kier molecular flexibility index (Phi) is 5.24. The molecule has 0 unspecified atom stereocenters. The van der Waals surface area contributed by atoms with Crippen LogP contribution in [0.3, 0.4) is 0 Å². The average Bonchev–Trinajstić information content (AvgIpc) is 2.94. The Morgan fingerprint density at radius 2 is 2.04 bits per heavy atom. The summed E-state index contributed by atoms with van der Waals surface area (Å²) in [6, 6.07) is 11.4. The predicted octanol–water partition coefficient (Wildman–Crippen LogP) is 4.09. The molecule has 0 atom stereocenters. The Balaban J connectivity index is 2.11. The van der Waals surface area contributed by atoms with E-state index in [-0.39, 0.29) is 5.91 Å². The molecule has 0 spiro atoms. The first-order valence-electron chi connectivity index (χ1n) is 8.39. The molecular weight excluding hydrogens is 344 g/mol. The Morgan fingerprint density at radius 3 is 2.73 bits per heavy atom. The number of aryl methyl sites for hydroxylation is 2. The summed E-state index contributed by atoms with van der Waals surface area (Å²) in [5.74, 6) is 3.16. The zero-order valence-electron chi connectivity index (χ0n) is 15.1. The van der Waals surface area contributed by atoms with Gasteiger partial charge in [0.2, 0.25) is 0 Å². The van der Waals surface area contributed by atoms with Crippen LogP contribution >= 0.6 is 11.3 Å². The molecule has 0 saturated carbocycles. The van der Waals surface area contributed by atoms with Crippen LogP contribution in [0.2, 0.25) is 0 Å². The van der Waals surface area contributed by atoms with Crippen LogP contribution in [-0.4, -0.2) is 17.1 Å². The smallest absolute Gasteiger partial charge is 0.279 e. The average molecular weight is 364 g/mol. The molecule has 0 radical (unpaired) electrons. The van der Waals surface area contributed by atoms with Gasteiger partial charge in [0, 0.05) is 5.56 Å². The van der Waals surface area contributed by atoms with Crippen LogP contribution in [0.1, 0.15) is 28.4 Å². The van der Waals surface area contributed by atoms with Crippen LogP contribution in [0.15, 0.2) is 41.4 Å². The summed E-state index contributed by atoms with van der Waals surface area (Å²) >= 11 is 1.43. The maximum absolute atomic E-state index is 12.6. The van der Waals surface area contributed by atoms with E-state index in [1.54, 1.807) is 6.07 Å². The van der Waals surface area contributed by atoms with Gasteiger partial charge in [-0.05, 0) is 62.2 Å². The Bertz CT molecular complexity index is 1080. The van der Waals surface area contributed by atoms with Crippen molar-refractivity contribution in [2.75, 3.05) is 6.61 Å². The summed E-state index contributed by atoms with van der Waals surface area (Å²) in [6.07, 6.45) is 5.52. The van der Waals surface area contributed by atoms with E-state index >= 15 is 0 Å². The van der Waals surface area contributed by atoms with Gasteiger partial charge in [-0.1, -0.05) is 23.3 Å². The van der Waals surface area contributed by atoms with Gasteiger partial charge in [0.15, 0.2) is 4.80 Å². The van der Waals surface area contributed by atoms with Crippen molar-refractivity contribution in [1.29, 1.82) is 0 Å². The summed E-state index contributed by atoms with van der Waals surface area (Å²) in [5.41, 5.74) is 3.74. The fraction of sp³-hybridized carbons (Fsp3) is 0.238. The van der Waals surface area contributed by atoms with E-state index in [1.165, 1.54) is 11.3 Å². The van der Waals surface area contributed by atoms with Gasteiger partial charge in [-0.3, -0.25) is 4.79 Å². The fourth-order valence-electron chi connectivity index (χ4n) is 2.67. The van der Waals surface area contributed by atoms with Crippen molar-refractivity contribution in [2.24, 2.45) is 4.99 Å². The third-order valence-electron chi connectivity index (χ3n) is 4.17. The van der Waals surface area contributed by atoms with Gasteiger partial charge < -0.3 is 9.30 Å². The second-order valence-electron chi connectivity index (χ2n) is 5.95. The number of carbonyl (C=O) groups is 1. The summed E-state index contributed by atoms with van der Waals surface area (Å²) in [7, 11) is 0. The quantitative estimate of drug-likeness (QED) is 0.655. The van der Waals surface area contributed by atoms with E-state index < -0.39 is 0 Å².